The minimum atomic E-state index is 0.897. The smallest absolute Gasteiger partial charge is 0.134 e. The molecule has 0 aliphatic rings. The van der Waals surface area contributed by atoms with Gasteiger partial charge in [-0.15, -0.1) is 0 Å². The number of rotatable bonds is 3. The number of aromatic nitrogens is 1. The predicted octanol–water partition coefficient (Wildman–Crippen LogP) is 0.581. The van der Waals surface area contributed by atoms with Crippen LogP contribution in [0.2, 0.25) is 0 Å². The van der Waals surface area contributed by atoms with Crippen LogP contribution in [0.5, 0.6) is 0 Å². The van der Waals surface area contributed by atoms with Crippen molar-refractivity contribution in [2.45, 2.75) is 20.3 Å². The second-order valence-electron chi connectivity index (χ2n) is 2.90. The zero-order chi connectivity index (χ0) is 10.4. The molecule has 0 radical (unpaired) electrons. The molecule has 0 unspecified atom stereocenters. The second-order valence-corrected chi connectivity index (χ2v) is 2.90. The lowest BCUT2D eigenvalue weighted by molar-refractivity contribution is 1.07. The van der Waals surface area contributed by atoms with E-state index in [0.29, 0.717) is 0 Å². The fraction of sp³-hybridized carbons (Fsp3) is 0.364. The number of hydrogen-bond acceptors (Lipinski definition) is 2. The molecule has 1 heterocycles. The molecule has 1 aromatic heterocycles. The molecule has 76 valence electrons. The van der Waals surface area contributed by atoms with Crippen molar-refractivity contribution in [3.05, 3.63) is 22.8 Å². The summed E-state index contributed by atoms with van der Waals surface area (Å²) in [6.45, 7) is 4.03. The van der Waals surface area contributed by atoms with Crippen LogP contribution in [-0.4, -0.2) is 18.2 Å². The Balaban J connectivity index is 3.40. The van der Waals surface area contributed by atoms with E-state index in [4.69, 9.17) is 0 Å². The van der Waals surface area contributed by atoms with Gasteiger partial charge in [0, 0.05) is 30.0 Å². The van der Waals surface area contributed by atoms with Gasteiger partial charge in [-0.3, -0.25) is 0 Å². The van der Waals surface area contributed by atoms with Crippen LogP contribution in [0.25, 0.3) is 11.9 Å². The molecule has 0 fully saturated rings. The molecule has 0 aromatic carbocycles. The van der Waals surface area contributed by atoms with Crippen molar-refractivity contribution in [3.63, 3.8) is 0 Å². The highest BCUT2D eigenvalue weighted by Crippen LogP contribution is 1.84. The average molecular weight is 191 g/mol. The average Bonchev–Trinajstić information content (AvgIpc) is 2.63. The quantitative estimate of drug-likeness (QED) is 0.674. The normalized spacial score (nSPS) is 14.9. The van der Waals surface area contributed by atoms with Gasteiger partial charge in [0.1, 0.15) is 5.82 Å². The first-order chi connectivity index (χ1) is 6.83. The zero-order valence-corrected chi connectivity index (χ0v) is 8.96. The van der Waals surface area contributed by atoms with E-state index in [1.54, 1.807) is 6.21 Å². The van der Waals surface area contributed by atoms with Gasteiger partial charge in [0.2, 0.25) is 0 Å². The molecule has 0 spiro atoms. The van der Waals surface area contributed by atoms with Crippen molar-refractivity contribution in [1.82, 2.24) is 10.3 Å². The molecule has 3 heteroatoms. The van der Waals surface area contributed by atoms with E-state index in [1.165, 1.54) is 0 Å². The summed E-state index contributed by atoms with van der Waals surface area (Å²) in [5.41, 5.74) is 0. The number of nitrogens with zero attached hydrogens (tertiary/aromatic N) is 1. The standard InChI is InChI=1S/C11H17N3/c1-4-6-10-9(7-8-14-10)11(12-3)13-5-2/h5-8,12,14H,4H2,1-3H3/b10-6-,11-9-,13-5-. The summed E-state index contributed by atoms with van der Waals surface area (Å²) in [5.74, 6) is 0.897. The predicted molar refractivity (Wildman–Crippen MR) is 61.4 cm³/mol. The summed E-state index contributed by atoms with van der Waals surface area (Å²) in [4.78, 5) is 7.46. The maximum absolute atomic E-state index is 4.27. The number of H-pyrrole nitrogens is 1. The third-order valence-electron chi connectivity index (χ3n) is 1.94. The Bertz CT molecular complexity index is 412. The Hall–Kier alpha value is -1.51. The maximum atomic E-state index is 4.27. The lowest BCUT2D eigenvalue weighted by Crippen LogP contribution is -2.28. The van der Waals surface area contributed by atoms with E-state index in [-0.39, 0.29) is 0 Å². The molecule has 0 atom stereocenters. The Kier molecular flexibility index (Phi) is 3.98. The van der Waals surface area contributed by atoms with Crippen molar-refractivity contribution in [1.29, 1.82) is 0 Å². The number of hydrogen-bond donors (Lipinski definition) is 2. The van der Waals surface area contributed by atoms with E-state index in [1.807, 2.05) is 26.2 Å². The Morgan fingerprint density at radius 3 is 3.00 bits per heavy atom. The minimum absolute atomic E-state index is 0.897. The van der Waals surface area contributed by atoms with E-state index in [9.17, 15) is 0 Å². The maximum Gasteiger partial charge on any atom is 0.134 e. The first-order valence-corrected chi connectivity index (χ1v) is 4.87. The van der Waals surface area contributed by atoms with Crippen LogP contribution in [0.15, 0.2) is 17.3 Å². The van der Waals surface area contributed by atoms with Crippen LogP contribution < -0.4 is 15.9 Å². The van der Waals surface area contributed by atoms with E-state index < -0.39 is 0 Å². The van der Waals surface area contributed by atoms with Gasteiger partial charge in [-0.05, 0) is 19.4 Å². The van der Waals surface area contributed by atoms with Crippen LogP contribution in [0.4, 0.5) is 0 Å². The molecule has 0 aliphatic heterocycles. The molecule has 2 N–H and O–H groups in total. The Labute approximate surface area is 84.3 Å². The molecule has 1 rings (SSSR count). The van der Waals surface area contributed by atoms with Crippen LogP contribution >= 0.6 is 0 Å². The molecule has 3 nitrogen and oxygen atoms in total. The Morgan fingerprint density at radius 2 is 2.43 bits per heavy atom. The molecule has 0 saturated heterocycles. The summed E-state index contributed by atoms with van der Waals surface area (Å²) >= 11 is 0. The molecule has 1 aromatic rings. The lowest BCUT2D eigenvalue weighted by atomic mass is 10.3. The molecule has 0 bridgehead atoms. The number of nitrogens with one attached hydrogen (secondary N) is 2. The summed E-state index contributed by atoms with van der Waals surface area (Å²) in [7, 11) is 1.88. The number of aromatic amines is 1. The Morgan fingerprint density at radius 1 is 1.64 bits per heavy atom. The summed E-state index contributed by atoms with van der Waals surface area (Å²) in [6, 6.07) is 2.03. The van der Waals surface area contributed by atoms with Gasteiger partial charge in [-0.1, -0.05) is 13.0 Å². The molecule has 0 aliphatic carbocycles. The highest BCUT2D eigenvalue weighted by atomic mass is 15.0. The van der Waals surface area contributed by atoms with Gasteiger partial charge < -0.3 is 10.3 Å². The van der Waals surface area contributed by atoms with Crippen molar-refractivity contribution >= 4 is 18.1 Å². The number of aliphatic imine (C=N–C) groups is 1. The third-order valence-corrected chi connectivity index (χ3v) is 1.94. The van der Waals surface area contributed by atoms with Gasteiger partial charge in [-0.2, -0.15) is 0 Å². The van der Waals surface area contributed by atoms with Gasteiger partial charge in [0.05, 0.1) is 0 Å². The van der Waals surface area contributed by atoms with Crippen molar-refractivity contribution in [2.75, 3.05) is 7.05 Å². The van der Waals surface area contributed by atoms with Gasteiger partial charge in [0.15, 0.2) is 0 Å². The molecular formula is C11H17N3. The minimum Gasteiger partial charge on any atom is -0.373 e. The highest BCUT2D eigenvalue weighted by molar-refractivity contribution is 5.62. The topological polar surface area (TPSA) is 40.2 Å². The van der Waals surface area contributed by atoms with Gasteiger partial charge in [-0.25, -0.2) is 4.99 Å². The largest absolute Gasteiger partial charge is 0.373 e. The van der Waals surface area contributed by atoms with Crippen LogP contribution in [0.1, 0.15) is 20.3 Å². The zero-order valence-electron chi connectivity index (χ0n) is 8.96. The monoisotopic (exact) mass is 191 g/mol. The highest BCUT2D eigenvalue weighted by Gasteiger charge is 1.93. The van der Waals surface area contributed by atoms with Crippen molar-refractivity contribution < 1.29 is 0 Å². The van der Waals surface area contributed by atoms with Crippen molar-refractivity contribution in [2.24, 2.45) is 4.99 Å². The van der Waals surface area contributed by atoms with Gasteiger partial charge >= 0.3 is 0 Å². The van der Waals surface area contributed by atoms with Crippen LogP contribution in [0, 0.1) is 0 Å². The van der Waals surface area contributed by atoms with Crippen LogP contribution in [0.3, 0.4) is 0 Å². The van der Waals surface area contributed by atoms with E-state index >= 15 is 0 Å². The fourth-order valence-corrected chi connectivity index (χ4v) is 1.36. The van der Waals surface area contributed by atoms with Crippen molar-refractivity contribution in [3.8, 4) is 0 Å². The molecule has 14 heavy (non-hydrogen) atoms. The first kappa shape index (κ1) is 10.6. The molecule has 0 amide bonds. The summed E-state index contributed by atoms with van der Waals surface area (Å²) < 4.78 is 0. The SMILES string of the molecule is C\C=N/C(NC)=c1/cc[nH]/c1=C\CC. The summed E-state index contributed by atoms with van der Waals surface area (Å²) in [5, 5.41) is 5.33. The summed E-state index contributed by atoms with van der Waals surface area (Å²) in [6.07, 6.45) is 6.88. The van der Waals surface area contributed by atoms with E-state index in [2.05, 4.69) is 28.3 Å². The van der Waals surface area contributed by atoms with E-state index in [0.717, 1.165) is 22.8 Å². The molecule has 0 saturated carbocycles. The lowest BCUT2D eigenvalue weighted by Gasteiger charge is -1.97. The molecular weight excluding hydrogens is 174 g/mol. The van der Waals surface area contributed by atoms with Gasteiger partial charge in [0.25, 0.3) is 0 Å². The van der Waals surface area contributed by atoms with Crippen LogP contribution in [-0.2, 0) is 0 Å². The third kappa shape index (κ3) is 2.25. The first-order valence-electron chi connectivity index (χ1n) is 4.87. The fourth-order valence-electron chi connectivity index (χ4n) is 1.36. The second kappa shape index (κ2) is 5.27.